The molecule has 300 valence electrons. The van der Waals surface area contributed by atoms with E-state index in [-0.39, 0.29) is 28.2 Å². The minimum Gasteiger partial charge on any atom is -0.443 e. The molecule has 4 fully saturated rings. The Bertz CT molecular complexity index is 1490. The summed E-state index contributed by atoms with van der Waals surface area (Å²) in [4.78, 5) is 4.65. The highest BCUT2D eigenvalue weighted by atomic mass is 28.4. The highest BCUT2D eigenvalue weighted by molar-refractivity contribution is 6.74. The third-order valence-corrected chi connectivity index (χ3v) is 24.4. The molecule has 0 unspecified atom stereocenters. The number of oxazole rings is 1. The van der Waals surface area contributed by atoms with Crippen LogP contribution in [0.3, 0.4) is 0 Å². The first-order valence-corrected chi connectivity index (χ1v) is 27.5. The molecule has 0 aromatic carbocycles. The van der Waals surface area contributed by atoms with Crippen molar-refractivity contribution in [2.75, 3.05) is 0 Å². The smallest absolute Gasteiger partial charge is 0.226 e. The molecule has 7 heteroatoms. The van der Waals surface area contributed by atoms with E-state index in [1.807, 2.05) is 6.20 Å². The largest absolute Gasteiger partial charge is 0.443 e. The lowest BCUT2D eigenvalue weighted by molar-refractivity contribution is -0.0315. The Morgan fingerprint density at radius 2 is 1.68 bits per heavy atom. The average Bonchev–Trinajstić information content (AvgIpc) is 3.70. The van der Waals surface area contributed by atoms with Gasteiger partial charge in [-0.3, -0.25) is 0 Å². The third-order valence-electron chi connectivity index (χ3n) is 15.4. The average molecular weight is 766 g/mol. The number of allylic oxidation sites excluding steroid dienone is 3. The van der Waals surface area contributed by atoms with Crippen molar-refractivity contribution in [3.05, 3.63) is 53.3 Å². The quantitative estimate of drug-likeness (QED) is 0.191. The molecule has 4 aliphatic carbocycles. The molecule has 7 atom stereocenters. The Hall–Kier alpha value is -1.26. The molecule has 0 radical (unpaired) electrons. The maximum atomic E-state index is 12.1. The number of hydrogen-bond donors (Lipinski definition) is 1. The predicted molar refractivity (Wildman–Crippen MR) is 227 cm³/mol. The number of rotatable bonds is 14. The molecule has 0 aliphatic heterocycles. The summed E-state index contributed by atoms with van der Waals surface area (Å²) in [6, 6.07) is 0. The van der Waals surface area contributed by atoms with Crippen LogP contribution >= 0.6 is 0 Å². The van der Waals surface area contributed by atoms with Crippen molar-refractivity contribution in [2.24, 2.45) is 29.1 Å². The van der Waals surface area contributed by atoms with Gasteiger partial charge < -0.3 is 18.4 Å². The number of unbranched alkanes of at least 4 members (excludes halogenated alkanes) is 1. The van der Waals surface area contributed by atoms with E-state index in [2.05, 4.69) is 106 Å². The highest BCUT2D eigenvalue weighted by Gasteiger charge is 2.53. The molecule has 1 N–H and O–H groups in total. The summed E-state index contributed by atoms with van der Waals surface area (Å²) in [6.45, 7) is 35.5. The van der Waals surface area contributed by atoms with Crippen molar-refractivity contribution in [3.63, 3.8) is 0 Å². The second kappa shape index (κ2) is 15.9. The van der Waals surface area contributed by atoms with Crippen molar-refractivity contribution in [1.82, 2.24) is 4.98 Å². The standard InChI is InChI=1S/C46H79NO4Si2/c1-15-16-19-37-31-47-42(49-37)46(48,36-22-23-36)28-26-32(2)39-24-25-40-34(18-17-27-45(39,40)10)20-21-35-29-38(50-52(11,12)43(4,5)6)30-41(33(35)3)51-53(13,14)44(7,8)9/h20-21,31-32,36,38-41,48H,3,15-19,22-30H2,1-2,4-14H3/b34-20+,35-21-/t32-,38-,39-,40+,41+,45-,46-/m1/s1. The molecule has 0 bridgehead atoms. The van der Waals surface area contributed by atoms with E-state index >= 15 is 0 Å². The van der Waals surface area contributed by atoms with E-state index in [1.54, 1.807) is 5.57 Å². The summed E-state index contributed by atoms with van der Waals surface area (Å²) < 4.78 is 20.5. The van der Waals surface area contributed by atoms with Crippen molar-refractivity contribution in [3.8, 4) is 0 Å². The van der Waals surface area contributed by atoms with Crippen LogP contribution in [-0.4, -0.2) is 38.9 Å². The van der Waals surface area contributed by atoms with Gasteiger partial charge in [0.2, 0.25) is 5.89 Å². The van der Waals surface area contributed by atoms with Crippen LogP contribution < -0.4 is 0 Å². The van der Waals surface area contributed by atoms with Gasteiger partial charge in [-0.15, -0.1) is 0 Å². The topological polar surface area (TPSA) is 64.7 Å². The summed E-state index contributed by atoms with van der Waals surface area (Å²) in [5, 5.41) is 12.4. The number of nitrogens with zero attached hydrogens (tertiary/aromatic N) is 1. The maximum Gasteiger partial charge on any atom is 0.226 e. The highest BCUT2D eigenvalue weighted by Crippen LogP contribution is 2.60. The van der Waals surface area contributed by atoms with Gasteiger partial charge in [-0.1, -0.05) is 93.0 Å². The van der Waals surface area contributed by atoms with E-state index in [9.17, 15) is 5.11 Å². The molecule has 4 saturated carbocycles. The van der Waals surface area contributed by atoms with E-state index < -0.39 is 22.2 Å². The Morgan fingerprint density at radius 1 is 1.02 bits per heavy atom. The number of aryl methyl sites for hydroxylation is 1. The van der Waals surface area contributed by atoms with Gasteiger partial charge >= 0.3 is 0 Å². The maximum absolute atomic E-state index is 12.1. The minimum absolute atomic E-state index is 0.00554. The first-order chi connectivity index (χ1) is 24.5. The minimum atomic E-state index is -2.01. The fourth-order valence-electron chi connectivity index (χ4n) is 9.65. The number of hydrogen-bond acceptors (Lipinski definition) is 5. The summed E-state index contributed by atoms with van der Waals surface area (Å²) >= 11 is 0. The van der Waals surface area contributed by atoms with Crippen molar-refractivity contribution < 1.29 is 18.4 Å². The molecule has 4 aliphatic rings. The van der Waals surface area contributed by atoms with Crippen LogP contribution in [-0.2, 0) is 20.9 Å². The van der Waals surface area contributed by atoms with Gasteiger partial charge in [0.05, 0.1) is 18.4 Å². The molecular weight excluding hydrogens is 687 g/mol. The fraction of sp³-hybridized carbons (Fsp3) is 0.804. The monoisotopic (exact) mass is 766 g/mol. The van der Waals surface area contributed by atoms with Gasteiger partial charge in [-0.2, -0.15) is 0 Å². The van der Waals surface area contributed by atoms with Crippen LogP contribution in [0, 0.1) is 29.1 Å². The molecule has 1 aromatic heterocycles. The Morgan fingerprint density at radius 3 is 2.30 bits per heavy atom. The van der Waals surface area contributed by atoms with Crippen LogP contribution in [0.2, 0.25) is 36.3 Å². The summed E-state index contributed by atoms with van der Waals surface area (Å²) in [6.07, 6.45) is 22.1. The van der Waals surface area contributed by atoms with Crippen molar-refractivity contribution in [2.45, 2.75) is 206 Å². The molecule has 1 aromatic rings. The fourth-order valence-corrected chi connectivity index (χ4v) is 12.3. The summed E-state index contributed by atoms with van der Waals surface area (Å²) in [7, 11) is -3.96. The van der Waals surface area contributed by atoms with E-state index in [4.69, 9.17) is 19.8 Å². The molecule has 53 heavy (non-hydrogen) atoms. The zero-order valence-corrected chi connectivity index (χ0v) is 38.4. The van der Waals surface area contributed by atoms with Gasteiger partial charge in [-0.25, -0.2) is 4.98 Å². The summed E-state index contributed by atoms with van der Waals surface area (Å²) in [5.41, 5.74) is 3.50. The second-order valence-corrected chi connectivity index (χ2v) is 30.8. The molecular formula is C46H79NO4Si2. The molecule has 0 spiro atoms. The lowest BCUT2D eigenvalue weighted by Crippen LogP contribution is -2.49. The molecule has 5 nitrogen and oxygen atoms in total. The number of aliphatic hydroxyl groups is 1. The zero-order chi connectivity index (χ0) is 39.2. The van der Waals surface area contributed by atoms with Gasteiger partial charge in [-0.05, 0) is 147 Å². The van der Waals surface area contributed by atoms with Gasteiger partial charge in [0.25, 0.3) is 0 Å². The van der Waals surface area contributed by atoms with Crippen molar-refractivity contribution >= 4 is 16.6 Å². The third kappa shape index (κ3) is 9.32. The zero-order valence-electron chi connectivity index (χ0n) is 36.4. The first kappa shape index (κ1) is 42.9. The van der Waals surface area contributed by atoms with E-state index in [1.165, 1.54) is 43.3 Å². The number of aromatic nitrogens is 1. The Kier molecular flexibility index (Phi) is 12.9. The van der Waals surface area contributed by atoms with Crippen molar-refractivity contribution in [1.29, 1.82) is 0 Å². The first-order valence-electron chi connectivity index (χ1n) is 21.6. The summed E-state index contributed by atoms with van der Waals surface area (Å²) in [5.74, 6) is 3.60. The van der Waals surface area contributed by atoms with Gasteiger partial charge in [0.15, 0.2) is 16.6 Å². The second-order valence-electron chi connectivity index (χ2n) is 21.3. The Balaban J connectivity index is 1.33. The Labute approximate surface area is 327 Å². The lowest BCUT2D eigenvalue weighted by atomic mass is 9.60. The van der Waals surface area contributed by atoms with Gasteiger partial charge in [0.1, 0.15) is 11.4 Å². The normalized spacial score (nSPS) is 30.9. The van der Waals surface area contributed by atoms with E-state index in [0.29, 0.717) is 29.1 Å². The number of fused-ring (bicyclic) bond motifs is 1. The van der Waals surface area contributed by atoms with Gasteiger partial charge in [0, 0.05) is 12.8 Å². The predicted octanol–water partition coefficient (Wildman–Crippen LogP) is 13.2. The van der Waals surface area contributed by atoms with E-state index in [0.717, 1.165) is 63.5 Å². The lowest BCUT2D eigenvalue weighted by Gasteiger charge is -2.46. The molecule has 5 rings (SSSR count). The van der Waals surface area contributed by atoms with Crippen LogP contribution in [0.25, 0.3) is 0 Å². The SMILES string of the molecule is C=C1/C(=C\C=C2/CCC[C@]3(C)[C@@H]([C@H](C)CC[C@](O)(c4ncc(CCCC)o4)C4CC4)CC[C@@H]23)C[C@@H](O[Si](C)(C)C(C)(C)C)C[C@@H]1O[Si](C)(C)C(C)(C)C. The molecule has 1 heterocycles. The molecule has 0 saturated heterocycles. The molecule has 0 amide bonds. The van der Waals surface area contributed by atoms with Crippen LogP contribution in [0.4, 0.5) is 0 Å². The van der Waals surface area contributed by atoms with Crippen LogP contribution in [0.5, 0.6) is 0 Å². The van der Waals surface area contributed by atoms with Crippen LogP contribution in [0.1, 0.15) is 157 Å². The van der Waals surface area contributed by atoms with Crippen LogP contribution in [0.15, 0.2) is 46.1 Å².